The van der Waals surface area contributed by atoms with E-state index in [1.807, 2.05) is 12.1 Å². The zero-order valence-electron chi connectivity index (χ0n) is 18.4. The van der Waals surface area contributed by atoms with Crippen molar-refractivity contribution in [2.45, 2.75) is 45.6 Å². The molecule has 0 radical (unpaired) electrons. The number of carbonyl (C=O) groups excluding carboxylic acids is 1. The SMILES string of the molecule is Cc1ccc(-c2cnc(CCC(=O)NC[C@H](c3ccccc3)N3CCCC3)o2)cc1C. The lowest BCUT2D eigenvalue weighted by molar-refractivity contribution is -0.121. The molecule has 1 aliphatic heterocycles. The number of amides is 1. The topological polar surface area (TPSA) is 58.4 Å². The van der Waals surface area contributed by atoms with Crippen LogP contribution >= 0.6 is 0 Å². The standard InChI is InChI=1S/C26H31N3O2/c1-19-10-11-22(16-20(19)2)24-18-28-26(31-24)13-12-25(30)27-17-23(29-14-6-7-15-29)21-8-4-3-5-9-21/h3-5,8-11,16,18,23H,6-7,12-15,17H2,1-2H3,(H,27,30)/t23-/m1/s1. The van der Waals surface area contributed by atoms with Crippen molar-refractivity contribution in [3.8, 4) is 11.3 Å². The molecule has 1 fully saturated rings. The van der Waals surface area contributed by atoms with Crippen molar-refractivity contribution in [2.24, 2.45) is 0 Å². The van der Waals surface area contributed by atoms with Crippen LogP contribution in [-0.4, -0.2) is 35.4 Å². The number of likely N-dealkylation sites (tertiary alicyclic amines) is 1. The van der Waals surface area contributed by atoms with Gasteiger partial charge in [-0.2, -0.15) is 0 Å². The van der Waals surface area contributed by atoms with Crippen LogP contribution in [0.4, 0.5) is 0 Å². The Hall–Kier alpha value is -2.92. The summed E-state index contributed by atoms with van der Waals surface area (Å²) in [5.41, 5.74) is 4.75. The molecule has 0 aliphatic carbocycles. The molecular weight excluding hydrogens is 386 g/mol. The Morgan fingerprint density at radius 3 is 2.61 bits per heavy atom. The van der Waals surface area contributed by atoms with Crippen LogP contribution in [0, 0.1) is 13.8 Å². The molecule has 0 unspecified atom stereocenters. The second kappa shape index (κ2) is 9.92. The summed E-state index contributed by atoms with van der Waals surface area (Å²) < 4.78 is 5.89. The number of nitrogens with one attached hydrogen (secondary N) is 1. The van der Waals surface area contributed by atoms with E-state index in [0.717, 1.165) is 24.4 Å². The minimum absolute atomic E-state index is 0.0334. The van der Waals surface area contributed by atoms with Gasteiger partial charge in [-0.3, -0.25) is 9.69 Å². The summed E-state index contributed by atoms with van der Waals surface area (Å²) in [6, 6.07) is 16.9. The number of aryl methyl sites for hydroxylation is 3. The first-order valence-corrected chi connectivity index (χ1v) is 11.2. The molecule has 0 bridgehead atoms. The smallest absolute Gasteiger partial charge is 0.220 e. The van der Waals surface area contributed by atoms with Crippen molar-refractivity contribution in [1.82, 2.24) is 15.2 Å². The summed E-state index contributed by atoms with van der Waals surface area (Å²) in [6.07, 6.45) is 5.06. The third-order valence-electron chi connectivity index (χ3n) is 6.17. The number of rotatable bonds is 8. The maximum Gasteiger partial charge on any atom is 0.220 e. The van der Waals surface area contributed by atoms with E-state index in [4.69, 9.17) is 4.42 Å². The average molecular weight is 418 g/mol. The summed E-state index contributed by atoms with van der Waals surface area (Å²) in [5, 5.41) is 3.13. The molecule has 2 aromatic carbocycles. The number of oxazole rings is 1. The second-order valence-corrected chi connectivity index (χ2v) is 8.39. The molecule has 162 valence electrons. The minimum Gasteiger partial charge on any atom is -0.441 e. The van der Waals surface area contributed by atoms with Gasteiger partial charge >= 0.3 is 0 Å². The van der Waals surface area contributed by atoms with E-state index in [0.29, 0.717) is 25.3 Å². The minimum atomic E-state index is 0.0334. The molecular formula is C26H31N3O2. The first kappa shape index (κ1) is 21.3. The van der Waals surface area contributed by atoms with Gasteiger partial charge in [-0.1, -0.05) is 42.5 Å². The Labute approximate surface area is 184 Å². The first-order chi connectivity index (χ1) is 15.1. The number of carbonyl (C=O) groups is 1. The molecule has 1 saturated heterocycles. The van der Waals surface area contributed by atoms with Crippen molar-refractivity contribution in [1.29, 1.82) is 0 Å². The Morgan fingerprint density at radius 1 is 1.10 bits per heavy atom. The lowest BCUT2D eigenvalue weighted by Gasteiger charge is -2.28. The third kappa shape index (κ3) is 5.42. The number of hydrogen-bond donors (Lipinski definition) is 1. The van der Waals surface area contributed by atoms with Crippen LogP contribution in [0.15, 0.2) is 59.1 Å². The molecule has 1 atom stereocenters. The highest BCUT2D eigenvalue weighted by atomic mass is 16.4. The molecule has 5 heteroatoms. The molecule has 2 heterocycles. The largest absolute Gasteiger partial charge is 0.441 e. The average Bonchev–Trinajstić information content (AvgIpc) is 3.48. The third-order valence-corrected chi connectivity index (χ3v) is 6.17. The van der Waals surface area contributed by atoms with Crippen LogP contribution in [0.2, 0.25) is 0 Å². The van der Waals surface area contributed by atoms with Crippen LogP contribution in [0.5, 0.6) is 0 Å². The van der Waals surface area contributed by atoms with Crippen LogP contribution in [0.3, 0.4) is 0 Å². The second-order valence-electron chi connectivity index (χ2n) is 8.39. The predicted octanol–water partition coefficient (Wildman–Crippen LogP) is 4.84. The Kier molecular flexibility index (Phi) is 6.82. The highest BCUT2D eigenvalue weighted by Crippen LogP contribution is 2.25. The van der Waals surface area contributed by atoms with E-state index in [9.17, 15) is 4.79 Å². The van der Waals surface area contributed by atoms with Gasteiger partial charge in [0.15, 0.2) is 11.7 Å². The molecule has 1 aliphatic rings. The molecule has 31 heavy (non-hydrogen) atoms. The van der Waals surface area contributed by atoms with Crippen molar-refractivity contribution >= 4 is 5.91 Å². The first-order valence-electron chi connectivity index (χ1n) is 11.2. The highest BCUT2D eigenvalue weighted by molar-refractivity contribution is 5.76. The monoisotopic (exact) mass is 417 g/mol. The zero-order valence-corrected chi connectivity index (χ0v) is 18.4. The van der Waals surface area contributed by atoms with Gasteiger partial charge in [0.25, 0.3) is 0 Å². The maximum absolute atomic E-state index is 12.5. The van der Waals surface area contributed by atoms with E-state index in [1.54, 1.807) is 6.20 Å². The Morgan fingerprint density at radius 2 is 1.87 bits per heavy atom. The van der Waals surface area contributed by atoms with E-state index in [1.165, 1.54) is 29.5 Å². The number of nitrogens with zero attached hydrogens (tertiary/aromatic N) is 2. The number of hydrogen-bond acceptors (Lipinski definition) is 4. The fourth-order valence-electron chi connectivity index (χ4n) is 4.16. The van der Waals surface area contributed by atoms with Crippen molar-refractivity contribution in [3.05, 3.63) is 77.3 Å². The van der Waals surface area contributed by atoms with Crippen LogP contribution in [-0.2, 0) is 11.2 Å². The van der Waals surface area contributed by atoms with Crippen molar-refractivity contribution < 1.29 is 9.21 Å². The quantitative estimate of drug-likeness (QED) is 0.570. The fourth-order valence-corrected chi connectivity index (χ4v) is 4.16. The molecule has 0 spiro atoms. The van der Waals surface area contributed by atoms with Gasteiger partial charge in [-0.15, -0.1) is 0 Å². The summed E-state index contributed by atoms with van der Waals surface area (Å²) >= 11 is 0. The summed E-state index contributed by atoms with van der Waals surface area (Å²) in [5.74, 6) is 1.38. The zero-order chi connectivity index (χ0) is 21.6. The normalized spacial score (nSPS) is 15.2. The molecule has 1 amide bonds. The molecule has 4 rings (SSSR count). The molecule has 3 aromatic rings. The van der Waals surface area contributed by atoms with Gasteiger partial charge in [0.05, 0.1) is 12.2 Å². The van der Waals surface area contributed by atoms with Crippen LogP contribution in [0.25, 0.3) is 11.3 Å². The lowest BCUT2D eigenvalue weighted by Crippen LogP contribution is -2.36. The number of aromatic nitrogens is 1. The summed E-state index contributed by atoms with van der Waals surface area (Å²) in [6.45, 7) is 6.99. The lowest BCUT2D eigenvalue weighted by atomic mass is 10.1. The van der Waals surface area contributed by atoms with E-state index < -0.39 is 0 Å². The van der Waals surface area contributed by atoms with Crippen LogP contribution in [0.1, 0.15) is 47.9 Å². The highest BCUT2D eigenvalue weighted by Gasteiger charge is 2.23. The molecule has 5 nitrogen and oxygen atoms in total. The fraction of sp³-hybridized carbons (Fsp3) is 0.385. The van der Waals surface area contributed by atoms with Crippen molar-refractivity contribution in [2.75, 3.05) is 19.6 Å². The Bertz CT molecular complexity index is 1010. The van der Waals surface area contributed by atoms with Gasteiger partial charge < -0.3 is 9.73 Å². The molecule has 1 N–H and O–H groups in total. The van der Waals surface area contributed by atoms with Gasteiger partial charge in [0, 0.05) is 24.9 Å². The van der Waals surface area contributed by atoms with E-state index in [2.05, 4.69) is 65.4 Å². The van der Waals surface area contributed by atoms with Gasteiger partial charge in [0.1, 0.15) is 0 Å². The number of benzene rings is 2. The molecule has 1 aromatic heterocycles. The van der Waals surface area contributed by atoms with Crippen LogP contribution < -0.4 is 5.32 Å². The molecule has 0 saturated carbocycles. The van der Waals surface area contributed by atoms with Crippen molar-refractivity contribution in [3.63, 3.8) is 0 Å². The maximum atomic E-state index is 12.5. The summed E-state index contributed by atoms with van der Waals surface area (Å²) in [7, 11) is 0. The predicted molar refractivity (Wildman–Crippen MR) is 123 cm³/mol. The van der Waals surface area contributed by atoms with E-state index >= 15 is 0 Å². The van der Waals surface area contributed by atoms with E-state index in [-0.39, 0.29) is 11.9 Å². The summed E-state index contributed by atoms with van der Waals surface area (Å²) in [4.78, 5) is 19.4. The van der Waals surface area contributed by atoms with Gasteiger partial charge in [0.2, 0.25) is 5.91 Å². The van der Waals surface area contributed by atoms with Gasteiger partial charge in [-0.25, -0.2) is 4.98 Å². The van der Waals surface area contributed by atoms with Gasteiger partial charge in [-0.05, 0) is 62.5 Å². The Balaban J connectivity index is 1.31.